The lowest BCUT2D eigenvalue weighted by atomic mass is 10.3. The fraction of sp³-hybridized carbons (Fsp3) is 0.364. The van der Waals surface area contributed by atoms with Gasteiger partial charge in [0.05, 0.1) is 12.2 Å². The van der Waals surface area contributed by atoms with Gasteiger partial charge in [0.25, 0.3) is 0 Å². The van der Waals surface area contributed by atoms with Crippen molar-refractivity contribution in [2.75, 3.05) is 10.7 Å². The zero-order chi connectivity index (χ0) is 15.6. The number of aryl methyl sites for hydroxylation is 2. The first-order chi connectivity index (χ1) is 9.79. The fourth-order valence-electron chi connectivity index (χ4n) is 1.53. The monoisotopic (exact) mass is 302 g/mol. The molecule has 0 saturated carbocycles. The van der Waals surface area contributed by atoms with Crippen molar-refractivity contribution in [2.24, 2.45) is 5.84 Å². The molecule has 2 heterocycles. The third-order valence-corrected chi connectivity index (χ3v) is 2.64. The Hall–Kier alpha value is -2.36. The number of nitrogens with two attached hydrogens (primary N) is 1. The van der Waals surface area contributed by atoms with Crippen molar-refractivity contribution in [2.45, 2.75) is 26.6 Å². The molecule has 0 aromatic carbocycles. The summed E-state index contributed by atoms with van der Waals surface area (Å²) in [6.07, 6.45) is -4.60. The predicted octanol–water partition coefficient (Wildman–Crippen LogP) is 2.00. The predicted molar refractivity (Wildman–Crippen MR) is 68.1 cm³/mol. The minimum Gasteiger partial charge on any atom is -0.444 e. The van der Waals surface area contributed by atoms with Crippen LogP contribution in [0.15, 0.2) is 10.5 Å². The van der Waals surface area contributed by atoms with Crippen LogP contribution in [0.1, 0.15) is 23.0 Å². The number of anilines is 2. The first kappa shape index (κ1) is 15.0. The Balaban J connectivity index is 2.19. The average molecular weight is 302 g/mol. The summed E-state index contributed by atoms with van der Waals surface area (Å²) in [6.45, 7) is 3.60. The Morgan fingerprint density at radius 3 is 2.48 bits per heavy atom. The van der Waals surface area contributed by atoms with Crippen LogP contribution in [-0.2, 0) is 12.7 Å². The number of rotatable bonds is 4. The summed E-state index contributed by atoms with van der Waals surface area (Å²) < 4.78 is 43.4. The Morgan fingerprint density at radius 2 is 1.95 bits per heavy atom. The highest BCUT2D eigenvalue weighted by Gasteiger charge is 2.33. The van der Waals surface area contributed by atoms with E-state index in [0.29, 0.717) is 11.7 Å². The largest absolute Gasteiger partial charge is 0.444 e. The summed E-state index contributed by atoms with van der Waals surface area (Å²) in [5.41, 5.74) is 1.60. The highest BCUT2D eigenvalue weighted by molar-refractivity contribution is 5.42. The SMILES string of the molecule is Cc1nc(CNc2cc(C(F)(F)F)nc(NN)n2)oc1C. The van der Waals surface area contributed by atoms with E-state index in [9.17, 15) is 13.2 Å². The smallest absolute Gasteiger partial charge is 0.433 e. The van der Waals surface area contributed by atoms with Gasteiger partial charge < -0.3 is 9.73 Å². The normalized spacial score (nSPS) is 11.5. The summed E-state index contributed by atoms with van der Waals surface area (Å²) in [6, 6.07) is 0.781. The molecule has 7 nitrogen and oxygen atoms in total. The standard InChI is InChI=1S/C11H13F3N6O/c1-5-6(2)21-9(17-5)4-16-8-3-7(11(12,13)14)18-10(19-8)20-15/h3H,4,15H2,1-2H3,(H2,16,18,19,20). The molecular weight excluding hydrogens is 289 g/mol. The van der Waals surface area contributed by atoms with Gasteiger partial charge in [-0.3, -0.25) is 5.43 Å². The van der Waals surface area contributed by atoms with E-state index in [-0.39, 0.29) is 18.3 Å². The molecule has 21 heavy (non-hydrogen) atoms. The summed E-state index contributed by atoms with van der Waals surface area (Å²) in [5.74, 6) is 5.67. The van der Waals surface area contributed by atoms with Crippen LogP contribution in [0, 0.1) is 13.8 Å². The first-order valence-corrected chi connectivity index (χ1v) is 5.89. The number of nitrogens with one attached hydrogen (secondary N) is 2. The number of oxazole rings is 1. The van der Waals surface area contributed by atoms with Crippen molar-refractivity contribution in [3.63, 3.8) is 0 Å². The lowest BCUT2D eigenvalue weighted by molar-refractivity contribution is -0.141. The molecule has 0 radical (unpaired) electrons. The quantitative estimate of drug-likeness (QED) is 0.586. The second-order valence-electron chi connectivity index (χ2n) is 4.21. The van der Waals surface area contributed by atoms with Gasteiger partial charge in [-0.1, -0.05) is 0 Å². The topological polar surface area (TPSA) is 102 Å². The molecular formula is C11H13F3N6O. The van der Waals surface area contributed by atoms with Crippen molar-refractivity contribution in [1.82, 2.24) is 15.0 Å². The van der Waals surface area contributed by atoms with Crippen LogP contribution in [0.2, 0.25) is 0 Å². The van der Waals surface area contributed by atoms with Gasteiger partial charge in [-0.15, -0.1) is 0 Å². The number of hydrogen-bond donors (Lipinski definition) is 3. The van der Waals surface area contributed by atoms with Gasteiger partial charge in [-0.05, 0) is 13.8 Å². The van der Waals surface area contributed by atoms with Crippen LogP contribution in [0.3, 0.4) is 0 Å². The van der Waals surface area contributed by atoms with Crippen molar-refractivity contribution < 1.29 is 17.6 Å². The zero-order valence-electron chi connectivity index (χ0n) is 11.2. The zero-order valence-corrected chi connectivity index (χ0v) is 11.2. The third kappa shape index (κ3) is 3.60. The van der Waals surface area contributed by atoms with E-state index in [1.165, 1.54) is 0 Å². The van der Waals surface area contributed by atoms with E-state index in [1.807, 2.05) is 5.43 Å². The second-order valence-corrected chi connectivity index (χ2v) is 4.21. The molecule has 0 amide bonds. The molecule has 114 valence electrons. The second kappa shape index (κ2) is 5.56. The molecule has 2 aromatic heterocycles. The number of halogens is 3. The van der Waals surface area contributed by atoms with Crippen molar-refractivity contribution >= 4 is 11.8 Å². The maximum absolute atomic E-state index is 12.7. The van der Waals surface area contributed by atoms with Crippen molar-refractivity contribution in [3.8, 4) is 0 Å². The summed E-state index contributed by atoms with van der Waals surface area (Å²) >= 11 is 0. The average Bonchev–Trinajstić information content (AvgIpc) is 2.74. The molecule has 2 rings (SSSR count). The summed E-state index contributed by atoms with van der Waals surface area (Å²) in [4.78, 5) is 11.1. The fourth-order valence-corrected chi connectivity index (χ4v) is 1.53. The summed E-state index contributed by atoms with van der Waals surface area (Å²) in [5, 5.41) is 2.69. The maximum atomic E-state index is 12.7. The number of hydrogen-bond acceptors (Lipinski definition) is 7. The van der Waals surface area contributed by atoms with Crippen LogP contribution in [0.5, 0.6) is 0 Å². The Kier molecular flexibility index (Phi) is 3.98. The van der Waals surface area contributed by atoms with Gasteiger partial charge in [-0.25, -0.2) is 15.8 Å². The van der Waals surface area contributed by atoms with Gasteiger partial charge in [-0.2, -0.15) is 18.2 Å². The van der Waals surface area contributed by atoms with Crippen LogP contribution in [-0.4, -0.2) is 15.0 Å². The molecule has 0 spiro atoms. The third-order valence-electron chi connectivity index (χ3n) is 2.64. The van der Waals surface area contributed by atoms with E-state index in [4.69, 9.17) is 10.3 Å². The first-order valence-electron chi connectivity index (χ1n) is 5.89. The Morgan fingerprint density at radius 1 is 1.24 bits per heavy atom. The number of hydrazine groups is 1. The van der Waals surface area contributed by atoms with E-state index in [0.717, 1.165) is 11.8 Å². The molecule has 0 atom stereocenters. The van der Waals surface area contributed by atoms with Gasteiger partial charge in [0.15, 0.2) is 5.69 Å². The summed E-state index contributed by atoms with van der Waals surface area (Å²) in [7, 11) is 0. The van der Waals surface area contributed by atoms with E-state index >= 15 is 0 Å². The van der Waals surface area contributed by atoms with Crippen LogP contribution in [0.25, 0.3) is 0 Å². The van der Waals surface area contributed by atoms with E-state index < -0.39 is 11.9 Å². The van der Waals surface area contributed by atoms with Gasteiger partial charge >= 0.3 is 6.18 Å². The minimum absolute atomic E-state index is 0.0428. The highest BCUT2D eigenvalue weighted by Crippen LogP contribution is 2.29. The van der Waals surface area contributed by atoms with E-state index in [1.54, 1.807) is 13.8 Å². The minimum atomic E-state index is -4.60. The molecule has 0 aliphatic heterocycles. The molecule has 2 aromatic rings. The number of nitrogens with zero attached hydrogens (tertiary/aromatic N) is 3. The molecule has 0 aliphatic carbocycles. The molecule has 0 bridgehead atoms. The lowest BCUT2D eigenvalue weighted by Gasteiger charge is -2.10. The number of aromatic nitrogens is 3. The number of alkyl halides is 3. The molecule has 4 N–H and O–H groups in total. The molecule has 0 saturated heterocycles. The maximum Gasteiger partial charge on any atom is 0.433 e. The van der Waals surface area contributed by atoms with Gasteiger partial charge in [0, 0.05) is 6.07 Å². The van der Waals surface area contributed by atoms with Crippen molar-refractivity contribution in [1.29, 1.82) is 0 Å². The van der Waals surface area contributed by atoms with Crippen LogP contribution in [0.4, 0.5) is 24.9 Å². The Labute approximate surface area is 117 Å². The van der Waals surface area contributed by atoms with Crippen LogP contribution >= 0.6 is 0 Å². The van der Waals surface area contributed by atoms with Gasteiger partial charge in [0.2, 0.25) is 11.8 Å². The van der Waals surface area contributed by atoms with Crippen LogP contribution < -0.4 is 16.6 Å². The number of nitrogen functional groups attached to an aromatic ring is 1. The molecule has 10 heteroatoms. The van der Waals surface area contributed by atoms with E-state index in [2.05, 4.69) is 20.3 Å². The highest BCUT2D eigenvalue weighted by atomic mass is 19.4. The van der Waals surface area contributed by atoms with Crippen molar-refractivity contribution in [3.05, 3.63) is 29.1 Å². The Bertz CT molecular complexity index is 620. The molecule has 0 fully saturated rings. The molecule has 0 aliphatic rings. The molecule has 0 unspecified atom stereocenters. The lowest BCUT2D eigenvalue weighted by Crippen LogP contribution is -2.16. The van der Waals surface area contributed by atoms with Gasteiger partial charge in [0.1, 0.15) is 11.6 Å².